The van der Waals surface area contributed by atoms with Gasteiger partial charge in [0.2, 0.25) is 0 Å². The molecule has 0 aliphatic heterocycles. The van der Waals surface area contributed by atoms with Crippen molar-refractivity contribution < 1.29 is 25.8 Å². The van der Waals surface area contributed by atoms with E-state index in [9.17, 15) is 21.6 Å². The summed E-state index contributed by atoms with van der Waals surface area (Å²) in [6, 6.07) is 3.05. The molecule has 0 atom stereocenters. The van der Waals surface area contributed by atoms with Gasteiger partial charge in [0.1, 0.15) is 5.69 Å². The van der Waals surface area contributed by atoms with Crippen molar-refractivity contribution in [2.75, 3.05) is 0 Å². The molecule has 1 aromatic heterocycles. The first-order valence-corrected chi connectivity index (χ1v) is 7.38. The average molecular weight is 323 g/mol. The van der Waals surface area contributed by atoms with Crippen molar-refractivity contribution in [3.63, 3.8) is 0 Å². The van der Waals surface area contributed by atoms with Crippen LogP contribution in [-0.4, -0.2) is 18.9 Å². The molecule has 4 nitrogen and oxygen atoms in total. The van der Waals surface area contributed by atoms with Crippen LogP contribution in [-0.2, 0) is 14.3 Å². The summed E-state index contributed by atoms with van der Waals surface area (Å²) in [4.78, 5) is 3.79. The van der Waals surface area contributed by atoms with Gasteiger partial charge < -0.3 is 4.18 Å². The highest BCUT2D eigenvalue weighted by Crippen LogP contribution is 2.30. The zero-order chi connectivity index (χ0) is 16.7. The molecule has 0 fully saturated rings. The van der Waals surface area contributed by atoms with Crippen molar-refractivity contribution in [2.24, 2.45) is 0 Å². The van der Waals surface area contributed by atoms with Crippen LogP contribution in [0.4, 0.5) is 13.2 Å². The molecule has 0 saturated carbocycles. The molecular formula is C13H16F3NO3S. The van der Waals surface area contributed by atoms with Crippen molar-refractivity contribution in [1.82, 2.24) is 4.98 Å². The molecule has 0 aromatic carbocycles. The molecule has 0 N–H and O–H groups in total. The van der Waals surface area contributed by atoms with Crippen LogP contribution in [0.3, 0.4) is 0 Å². The molecule has 0 unspecified atom stereocenters. The fourth-order valence-corrected chi connectivity index (χ4v) is 1.68. The van der Waals surface area contributed by atoms with Crippen LogP contribution < -0.4 is 0 Å². The van der Waals surface area contributed by atoms with E-state index in [1.807, 2.05) is 13.8 Å². The molecule has 0 spiro atoms. The van der Waals surface area contributed by atoms with Crippen molar-refractivity contribution >= 4 is 22.0 Å². The normalized spacial score (nSPS) is 12.2. The summed E-state index contributed by atoms with van der Waals surface area (Å²) in [5.74, 6) is -0.507. The molecule has 0 radical (unpaired) electrons. The van der Waals surface area contributed by atoms with Gasteiger partial charge >= 0.3 is 15.6 Å². The van der Waals surface area contributed by atoms with Gasteiger partial charge in [-0.05, 0) is 19.1 Å². The topological polar surface area (TPSA) is 56.3 Å². The lowest BCUT2D eigenvalue weighted by molar-refractivity contribution is -0.0509. The minimum absolute atomic E-state index is 0.0344. The summed E-state index contributed by atoms with van der Waals surface area (Å²) >= 11 is 0. The third kappa shape index (κ3) is 4.89. The van der Waals surface area contributed by atoms with E-state index in [1.165, 1.54) is 31.3 Å². The summed E-state index contributed by atoms with van der Waals surface area (Å²) < 4.78 is 62.7. The monoisotopic (exact) mass is 323 g/mol. The van der Waals surface area contributed by atoms with Gasteiger partial charge in [-0.2, -0.15) is 21.6 Å². The van der Waals surface area contributed by atoms with Crippen LogP contribution in [0.1, 0.15) is 32.0 Å². The third-order valence-corrected chi connectivity index (χ3v) is 3.00. The highest BCUT2D eigenvalue weighted by atomic mass is 32.2. The van der Waals surface area contributed by atoms with Crippen molar-refractivity contribution in [3.05, 3.63) is 42.2 Å². The van der Waals surface area contributed by atoms with Gasteiger partial charge in [-0.15, -0.1) is 0 Å². The Morgan fingerprint density at radius 2 is 1.95 bits per heavy atom. The first-order valence-electron chi connectivity index (χ1n) is 5.98. The molecule has 8 heteroatoms. The number of halogens is 3. The number of rotatable bonds is 4. The van der Waals surface area contributed by atoms with E-state index in [0.29, 0.717) is 5.56 Å². The smallest absolute Gasteiger partial charge is 0.374 e. The first kappa shape index (κ1) is 19.2. The van der Waals surface area contributed by atoms with Gasteiger partial charge in [0.25, 0.3) is 0 Å². The van der Waals surface area contributed by atoms with Crippen LogP contribution in [0.5, 0.6) is 0 Å². The number of hydrogen-bond donors (Lipinski definition) is 0. The molecule has 0 amide bonds. The average Bonchev–Trinajstić information content (AvgIpc) is 2.45. The van der Waals surface area contributed by atoms with Crippen LogP contribution in [0, 0.1) is 0 Å². The SMILES string of the molecule is C=Cc1cccnc1/C(=C\C)OS(=O)(=O)C(F)(F)F.CC. The Bertz CT molecular complexity index is 607. The Morgan fingerprint density at radius 3 is 2.38 bits per heavy atom. The minimum Gasteiger partial charge on any atom is -0.374 e. The first-order chi connectivity index (χ1) is 9.73. The molecule has 0 bridgehead atoms. The summed E-state index contributed by atoms with van der Waals surface area (Å²) in [6.45, 7) is 8.80. The van der Waals surface area contributed by atoms with Crippen LogP contribution in [0.2, 0.25) is 0 Å². The second-order valence-corrected chi connectivity index (χ2v) is 4.82. The largest absolute Gasteiger partial charge is 0.534 e. The number of pyridine rings is 1. The van der Waals surface area contributed by atoms with E-state index in [2.05, 4.69) is 15.7 Å². The number of alkyl halides is 3. The highest BCUT2D eigenvalue weighted by Gasteiger charge is 2.49. The fraction of sp³-hybridized carbons (Fsp3) is 0.308. The van der Waals surface area contributed by atoms with Crippen LogP contribution in [0.15, 0.2) is 31.0 Å². The lowest BCUT2D eigenvalue weighted by atomic mass is 10.1. The van der Waals surface area contributed by atoms with E-state index < -0.39 is 21.4 Å². The van der Waals surface area contributed by atoms with E-state index in [0.717, 1.165) is 6.08 Å². The molecule has 1 heterocycles. The molecular weight excluding hydrogens is 307 g/mol. The number of allylic oxidation sites excluding steroid dienone is 1. The molecule has 0 aliphatic carbocycles. The molecule has 0 saturated heterocycles. The molecule has 21 heavy (non-hydrogen) atoms. The zero-order valence-electron chi connectivity index (χ0n) is 11.8. The zero-order valence-corrected chi connectivity index (χ0v) is 12.6. The maximum atomic E-state index is 12.2. The van der Waals surface area contributed by atoms with Gasteiger partial charge in [-0.3, -0.25) is 4.98 Å². The third-order valence-electron chi connectivity index (χ3n) is 2.04. The Morgan fingerprint density at radius 1 is 1.38 bits per heavy atom. The van der Waals surface area contributed by atoms with Crippen molar-refractivity contribution in [3.8, 4) is 0 Å². The van der Waals surface area contributed by atoms with E-state index >= 15 is 0 Å². The highest BCUT2D eigenvalue weighted by molar-refractivity contribution is 7.87. The Labute approximate surface area is 122 Å². The number of hydrogen-bond acceptors (Lipinski definition) is 4. The molecule has 0 aliphatic rings. The van der Waals surface area contributed by atoms with Crippen molar-refractivity contribution in [2.45, 2.75) is 26.3 Å². The van der Waals surface area contributed by atoms with Crippen molar-refractivity contribution in [1.29, 1.82) is 0 Å². The molecule has 1 aromatic rings. The summed E-state index contributed by atoms with van der Waals surface area (Å²) in [7, 11) is -5.72. The molecule has 1 rings (SSSR count). The molecule has 118 valence electrons. The predicted octanol–water partition coefficient (Wildman–Crippen LogP) is 3.98. The Hall–Kier alpha value is -1.83. The summed E-state index contributed by atoms with van der Waals surface area (Å²) in [5.41, 5.74) is -5.18. The van der Waals surface area contributed by atoms with Gasteiger partial charge in [-0.1, -0.05) is 32.6 Å². The van der Waals surface area contributed by atoms with Gasteiger partial charge in [0.05, 0.1) is 0 Å². The standard InChI is InChI=1S/C11H10F3NO3S.C2H6/c1-3-8-6-5-7-15-10(8)9(4-2)18-19(16,17)11(12,13)14;1-2/h3-7H,1H2,2H3;1-2H3/b9-4+;. The maximum Gasteiger partial charge on any atom is 0.534 e. The van der Waals surface area contributed by atoms with Crippen LogP contribution >= 0.6 is 0 Å². The summed E-state index contributed by atoms with van der Waals surface area (Å²) in [5, 5.41) is 0. The quantitative estimate of drug-likeness (QED) is 0.478. The van der Waals surface area contributed by atoms with E-state index in [-0.39, 0.29) is 5.69 Å². The van der Waals surface area contributed by atoms with E-state index in [4.69, 9.17) is 0 Å². The number of nitrogens with zero attached hydrogens (tertiary/aromatic N) is 1. The summed E-state index contributed by atoms with van der Waals surface area (Å²) in [6.07, 6.45) is 3.71. The predicted molar refractivity (Wildman–Crippen MR) is 75.4 cm³/mol. The van der Waals surface area contributed by atoms with Gasteiger partial charge in [0.15, 0.2) is 5.76 Å². The van der Waals surface area contributed by atoms with Gasteiger partial charge in [0, 0.05) is 11.8 Å². The van der Waals surface area contributed by atoms with Crippen LogP contribution in [0.25, 0.3) is 11.8 Å². The van der Waals surface area contributed by atoms with E-state index in [1.54, 1.807) is 0 Å². The van der Waals surface area contributed by atoms with Gasteiger partial charge in [-0.25, -0.2) is 0 Å². The fourth-order valence-electron chi connectivity index (χ4n) is 1.18. The Balaban J connectivity index is 0.00000191. The second kappa shape index (κ2) is 7.82. The lowest BCUT2D eigenvalue weighted by Gasteiger charge is -2.13. The maximum absolute atomic E-state index is 12.2. The minimum atomic E-state index is -5.72. The number of aromatic nitrogens is 1. The Kier molecular flexibility index (Phi) is 7.14. The second-order valence-electron chi connectivity index (χ2n) is 3.28. The lowest BCUT2D eigenvalue weighted by Crippen LogP contribution is -2.25.